The van der Waals surface area contributed by atoms with Crippen LogP contribution in [0.5, 0.6) is 0 Å². The molecule has 3 rings (SSSR count). The topological polar surface area (TPSA) is 55.1 Å². The van der Waals surface area contributed by atoms with Gasteiger partial charge in [0.2, 0.25) is 0 Å². The average molecular weight is 327 g/mol. The molecule has 1 fully saturated rings. The lowest BCUT2D eigenvalue weighted by Crippen LogP contribution is -2.03. The van der Waals surface area contributed by atoms with Crippen LogP contribution in [0.2, 0.25) is 5.02 Å². The third-order valence-corrected chi connectivity index (χ3v) is 4.47. The highest BCUT2D eigenvalue weighted by atomic mass is 35.5. The number of aliphatic carboxylic acids is 1. The Balaban J connectivity index is 1.97. The first-order chi connectivity index (χ1) is 10.0. The molecule has 0 spiro atoms. The summed E-state index contributed by atoms with van der Waals surface area (Å²) in [5.74, 6) is -1.05. The molecule has 21 heavy (non-hydrogen) atoms. The summed E-state index contributed by atoms with van der Waals surface area (Å²) in [6.45, 7) is 0. The Morgan fingerprint density at radius 2 is 2.24 bits per heavy atom. The number of thioether (sulfide) groups is 1. The van der Waals surface area contributed by atoms with Crippen molar-refractivity contribution >= 4 is 29.3 Å². The van der Waals surface area contributed by atoms with Crippen LogP contribution in [0.3, 0.4) is 0 Å². The van der Waals surface area contributed by atoms with Gasteiger partial charge in [0.15, 0.2) is 0 Å². The van der Waals surface area contributed by atoms with E-state index in [0.29, 0.717) is 16.6 Å². The van der Waals surface area contributed by atoms with Crippen molar-refractivity contribution in [2.75, 3.05) is 5.75 Å². The Bertz CT molecular complexity index is 700. The second-order valence-electron chi connectivity index (χ2n) is 4.87. The number of nitrogens with zero attached hydrogens (tertiary/aromatic N) is 2. The zero-order chi connectivity index (χ0) is 15.0. The molecule has 1 aliphatic carbocycles. The molecule has 0 atom stereocenters. The Morgan fingerprint density at radius 1 is 1.48 bits per heavy atom. The normalized spacial score (nSPS) is 14.4. The van der Waals surface area contributed by atoms with Crippen molar-refractivity contribution in [1.29, 1.82) is 0 Å². The highest BCUT2D eigenvalue weighted by Gasteiger charge is 2.27. The number of benzene rings is 1. The molecule has 7 heteroatoms. The molecule has 1 N–H and O–H groups in total. The van der Waals surface area contributed by atoms with Gasteiger partial charge in [-0.25, -0.2) is 9.07 Å². The molecule has 1 aromatic carbocycles. The highest BCUT2D eigenvalue weighted by molar-refractivity contribution is 7.99. The SMILES string of the molecule is O=C(O)CSc1cc(C2CC2)nn1-c1ccc(Cl)c(F)c1. The fraction of sp³-hybridized carbons (Fsp3) is 0.286. The average Bonchev–Trinajstić information content (AvgIpc) is 3.20. The highest BCUT2D eigenvalue weighted by Crippen LogP contribution is 2.41. The molecule has 0 amide bonds. The molecular weight excluding hydrogens is 315 g/mol. The maximum absolute atomic E-state index is 13.6. The van der Waals surface area contributed by atoms with E-state index in [-0.39, 0.29) is 10.8 Å². The van der Waals surface area contributed by atoms with Crippen LogP contribution < -0.4 is 0 Å². The van der Waals surface area contributed by atoms with Crippen LogP contribution in [0.15, 0.2) is 29.3 Å². The molecule has 1 aromatic heterocycles. The lowest BCUT2D eigenvalue weighted by Gasteiger charge is -2.06. The van der Waals surface area contributed by atoms with E-state index in [2.05, 4.69) is 5.10 Å². The maximum Gasteiger partial charge on any atom is 0.313 e. The lowest BCUT2D eigenvalue weighted by molar-refractivity contribution is -0.133. The molecule has 0 unspecified atom stereocenters. The molecule has 1 heterocycles. The minimum absolute atomic E-state index is 0.0491. The smallest absolute Gasteiger partial charge is 0.313 e. The number of hydrogen-bond donors (Lipinski definition) is 1. The summed E-state index contributed by atoms with van der Waals surface area (Å²) in [5.41, 5.74) is 1.47. The minimum Gasteiger partial charge on any atom is -0.481 e. The molecule has 1 aliphatic rings. The van der Waals surface area contributed by atoms with Crippen molar-refractivity contribution in [2.24, 2.45) is 0 Å². The van der Waals surface area contributed by atoms with Crippen molar-refractivity contribution in [1.82, 2.24) is 9.78 Å². The van der Waals surface area contributed by atoms with E-state index < -0.39 is 11.8 Å². The first-order valence-electron chi connectivity index (χ1n) is 6.44. The summed E-state index contributed by atoms with van der Waals surface area (Å²) in [5, 5.41) is 14.0. The van der Waals surface area contributed by atoms with Crippen molar-refractivity contribution in [3.63, 3.8) is 0 Å². The number of halogens is 2. The van der Waals surface area contributed by atoms with Gasteiger partial charge in [0.05, 0.1) is 22.2 Å². The quantitative estimate of drug-likeness (QED) is 0.851. The van der Waals surface area contributed by atoms with E-state index in [1.165, 1.54) is 23.9 Å². The zero-order valence-corrected chi connectivity index (χ0v) is 12.5. The monoisotopic (exact) mass is 326 g/mol. The number of carboxylic acids is 1. The molecule has 110 valence electrons. The van der Waals surface area contributed by atoms with Gasteiger partial charge in [0, 0.05) is 12.0 Å². The molecular formula is C14H12ClFN2O2S. The molecule has 2 aromatic rings. The third-order valence-electron chi connectivity index (χ3n) is 3.18. The van der Waals surface area contributed by atoms with Gasteiger partial charge in [0.25, 0.3) is 0 Å². The van der Waals surface area contributed by atoms with Gasteiger partial charge in [0.1, 0.15) is 10.8 Å². The molecule has 0 bridgehead atoms. The largest absolute Gasteiger partial charge is 0.481 e. The predicted molar refractivity (Wildman–Crippen MR) is 78.9 cm³/mol. The van der Waals surface area contributed by atoms with E-state index in [0.717, 1.165) is 18.5 Å². The third kappa shape index (κ3) is 3.22. The molecule has 0 radical (unpaired) electrons. The predicted octanol–water partition coefficient (Wildman–Crippen LogP) is 3.72. The Kier molecular flexibility index (Phi) is 3.91. The summed E-state index contributed by atoms with van der Waals surface area (Å²) >= 11 is 6.86. The molecule has 4 nitrogen and oxygen atoms in total. The fourth-order valence-electron chi connectivity index (χ4n) is 2.00. The van der Waals surface area contributed by atoms with Crippen molar-refractivity contribution < 1.29 is 14.3 Å². The number of rotatable bonds is 5. The van der Waals surface area contributed by atoms with E-state index in [4.69, 9.17) is 16.7 Å². The number of aromatic nitrogens is 2. The van der Waals surface area contributed by atoms with Crippen LogP contribution in [0, 0.1) is 5.82 Å². The van der Waals surface area contributed by atoms with Gasteiger partial charge in [-0.3, -0.25) is 4.79 Å². The second kappa shape index (κ2) is 5.69. The summed E-state index contributed by atoms with van der Waals surface area (Å²) in [7, 11) is 0. The lowest BCUT2D eigenvalue weighted by atomic mass is 10.3. The van der Waals surface area contributed by atoms with Gasteiger partial charge in [-0.05, 0) is 31.0 Å². The number of carboxylic acid groups (broad SMARTS) is 1. The van der Waals surface area contributed by atoms with Gasteiger partial charge in [-0.2, -0.15) is 5.10 Å². The summed E-state index contributed by atoms with van der Waals surface area (Å²) < 4.78 is 15.2. The Hall–Kier alpha value is -1.53. The summed E-state index contributed by atoms with van der Waals surface area (Å²) in [6, 6.07) is 6.32. The molecule has 1 saturated carbocycles. The number of carbonyl (C=O) groups is 1. The first-order valence-corrected chi connectivity index (χ1v) is 7.81. The van der Waals surface area contributed by atoms with Gasteiger partial charge >= 0.3 is 5.97 Å². The van der Waals surface area contributed by atoms with Crippen LogP contribution >= 0.6 is 23.4 Å². The molecule has 0 saturated heterocycles. The fourth-order valence-corrected chi connectivity index (χ4v) is 2.86. The van der Waals surface area contributed by atoms with Gasteiger partial charge in [-0.15, -0.1) is 0 Å². The molecule has 0 aliphatic heterocycles. The van der Waals surface area contributed by atoms with Crippen molar-refractivity contribution in [2.45, 2.75) is 23.8 Å². The van der Waals surface area contributed by atoms with Crippen LogP contribution in [-0.4, -0.2) is 26.6 Å². The Labute approximate surface area is 129 Å². The summed E-state index contributed by atoms with van der Waals surface area (Å²) in [6.07, 6.45) is 2.18. The van der Waals surface area contributed by atoms with E-state index in [1.54, 1.807) is 10.7 Å². The first kappa shape index (κ1) is 14.4. The van der Waals surface area contributed by atoms with Crippen molar-refractivity contribution in [3.05, 3.63) is 40.8 Å². The van der Waals surface area contributed by atoms with Crippen LogP contribution in [0.25, 0.3) is 5.69 Å². The van der Waals surface area contributed by atoms with E-state index in [9.17, 15) is 9.18 Å². The summed E-state index contributed by atoms with van der Waals surface area (Å²) in [4.78, 5) is 10.7. The number of hydrogen-bond acceptors (Lipinski definition) is 3. The standard InChI is InChI=1S/C14H12ClFN2O2S/c15-10-4-3-9(5-11(10)16)18-13(21-7-14(19)20)6-12(17-18)8-1-2-8/h3-6,8H,1-2,7H2,(H,19,20). The maximum atomic E-state index is 13.6. The van der Waals surface area contributed by atoms with Gasteiger partial charge in [-0.1, -0.05) is 23.4 Å². The van der Waals surface area contributed by atoms with E-state index >= 15 is 0 Å². The van der Waals surface area contributed by atoms with Crippen molar-refractivity contribution in [3.8, 4) is 5.69 Å². The zero-order valence-electron chi connectivity index (χ0n) is 10.9. The van der Waals surface area contributed by atoms with Crippen LogP contribution in [-0.2, 0) is 4.79 Å². The van der Waals surface area contributed by atoms with Gasteiger partial charge < -0.3 is 5.11 Å². The second-order valence-corrected chi connectivity index (χ2v) is 6.28. The Morgan fingerprint density at radius 3 is 2.86 bits per heavy atom. The van der Waals surface area contributed by atoms with E-state index in [1.807, 2.05) is 6.07 Å². The van der Waals surface area contributed by atoms with Crippen LogP contribution in [0.4, 0.5) is 4.39 Å². The minimum atomic E-state index is -0.900. The van der Waals surface area contributed by atoms with Crippen LogP contribution in [0.1, 0.15) is 24.5 Å².